The second-order valence-electron chi connectivity index (χ2n) is 7.48. The Hall–Kier alpha value is -2.55. The van der Waals surface area contributed by atoms with E-state index in [0.29, 0.717) is 0 Å². The van der Waals surface area contributed by atoms with Gasteiger partial charge in [-0.15, -0.1) is 0 Å². The smallest absolute Gasteiger partial charge is 0.134 e. The molecule has 2 heterocycles. The van der Waals surface area contributed by atoms with E-state index >= 15 is 0 Å². The normalized spacial score (nSPS) is 21.9. The van der Waals surface area contributed by atoms with E-state index in [4.69, 9.17) is 28.2 Å². The lowest BCUT2D eigenvalue weighted by Crippen LogP contribution is -2.36. The average Bonchev–Trinajstić information content (AvgIpc) is 2.75. The number of allylic oxidation sites excluding steroid dienone is 3. The zero-order valence-corrected chi connectivity index (χ0v) is 17.4. The molecule has 5 rings (SSSR count). The van der Waals surface area contributed by atoms with Crippen LogP contribution in [-0.4, -0.2) is 10.7 Å². The van der Waals surface area contributed by atoms with Gasteiger partial charge in [-0.25, -0.2) is 4.99 Å². The van der Waals surface area contributed by atoms with Crippen LogP contribution in [0.4, 0.5) is 0 Å². The number of benzene rings is 2. The Kier molecular flexibility index (Phi) is 4.91. The van der Waals surface area contributed by atoms with Crippen LogP contribution in [0.15, 0.2) is 94.8 Å². The fourth-order valence-electron chi connectivity index (χ4n) is 4.27. The molecule has 144 valence electrons. The van der Waals surface area contributed by atoms with E-state index in [1.807, 2.05) is 30.3 Å². The van der Waals surface area contributed by atoms with Gasteiger partial charge in [0.25, 0.3) is 0 Å². The summed E-state index contributed by atoms with van der Waals surface area (Å²) < 4.78 is 0. The van der Waals surface area contributed by atoms with Crippen molar-refractivity contribution in [3.63, 3.8) is 0 Å². The summed E-state index contributed by atoms with van der Waals surface area (Å²) in [5.41, 5.74) is 6.20. The van der Waals surface area contributed by atoms with Crippen molar-refractivity contribution in [2.45, 2.75) is 25.3 Å². The molecule has 0 saturated carbocycles. The van der Waals surface area contributed by atoms with Crippen molar-refractivity contribution >= 4 is 35.1 Å². The number of hydrogen-bond donors (Lipinski definition) is 0. The molecule has 2 aromatic rings. The van der Waals surface area contributed by atoms with Crippen LogP contribution < -0.4 is 0 Å². The van der Waals surface area contributed by atoms with Gasteiger partial charge in [-0.05, 0) is 84.0 Å². The topological polar surface area (TPSA) is 15.6 Å². The van der Waals surface area contributed by atoms with Gasteiger partial charge in [0.2, 0.25) is 0 Å². The summed E-state index contributed by atoms with van der Waals surface area (Å²) >= 11 is 12.2. The highest BCUT2D eigenvalue weighted by atomic mass is 35.5. The molecular formula is C25H20Cl2N2. The summed E-state index contributed by atoms with van der Waals surface area (Å²) in [7, 11) is 0. The average molecular weight is 419 g/mol. The molecule has 0 N–H and O–H groups in total. The molecule has 2 nitrogen and oxygen atoms in total. The van der Waals surface area contributed by atoms with Crippen LogP contribution in [0.5, 0.6) is 0 Å². The predicted octanol–water partition coefficient (Wildman–Crippen LogP) is 7.35. The number of amidine groups is 1. The first-order chi connectivity index (χ1) is 14.2. The second-order valence-corrected chi connectivity index (χ2v) is 8.35. The fourth-order valence-corrected chi connectivity index (χ4v) is 4.52. The van der Waals surface area contributed by atoms with E-state index < -0.39 is 0 Å². The summed E-state index contributed by atoms with van der Waals surface area (Å²) in [5.74, 6) is 0.982. The first kappa shape index (κ1) is 18.5. The van der Waals surface area contributed by atoms with Gasteiger partial charge in [0.1, 0.15) is 5.84 Å². The van der Waals surface area contributed by atoms with Gasteiger partial charge in [0.05, 0.1) is 11.7 Å². The largest absolute Gasteiger partial charge is 0.322 e. The van der Waals surface area contributed by atoms with E-state index in [2.05, 4.69) is 53.6 Å². The fraction of sp³-hybridized carbons (Fsp3) is 0.160. The highest BCUT2D eigenvalue weighted by Gasteiger charge is 2.34. The van der Waals surface area contributed by atoms with Crippen molar-refractivity contribution < 1.29 is 0 Å². The van der Waals surface area contributed by atoms with Crippen molar-refractivity contribution in [2.24, 2.45) is 4.99 Å². The highest BCUT2D eigenvalue weighted by molar-refractivity contribution is 6.30. The monoisotopic (exact) mass is 418 g/mol. The molecule has 0 aromatic heterocycles. The number of hydrogen-bond acceptors (Lipinski definition) is 2. The summed E-state index contributed by atoms with van der Waals surface area (Å²) in [6.45, 7) is 0. The zero-order chi connectivity index (χ0) is 19.8. The molecule has 0 fully saturated rings. The van der Waals surface area contributed by atoms with E-state index in [0.717, 1.165) is 46.4 Å². The van der Waals surface area contributed by atoms with Crippen LogP contribution in [0.3, 0.4) is 0 Å². The lowest BCUT2D eigenvalue weighted by atomic mass is 9.82. The van der Waals surface area contributed by atoms with Crippen LogP contribution in [0.2, 0.25) is 10.0 Å². The molecule has 0 radical (unpaired) electrons. The van der Waals surface area contributed by atoms with Gasteiger partial charge < -0.3 is 4.90 Å². The molecular weight excluding hydrogens is 399 g/mol. The SMILES string of the molecule is Clc1ccc(/C=C2\CCCC3=C2N=C2C=CC=CN2C3c2ccc(Cl)cc2)cc1. The molecule has 0 amide bonds. The molecule has 29 heavy (non-hydrogen) atoms. The lowest BCUT2D eigenvalue weighted by Gasteiger charge is -2.40. The van der Waals surface area contributed by atoms with E-state index in [9.17, 15) is 0 Å². The molecule has 0 bridgehead atoms. The third-order valence-corrected chi connectivity index (χ3v) is 6.10. The molecule has 2 aliphatic heterocycles. The number of fused-ring (bicyclic) bond motifs is 1. The third kappa shape index (κ3) is 3.59. The maximum Gasteiger partial charge on any atom is 0.134 e. The number of rotatable bonds is 2. The quantitative estimate of drug-likeness (QED) is 0.497. The number of halogens is 2. The summed E-state index contributed by atoms with van der Waals surface area (Å²) in [5, 5.41) is 1.51. The van der Waals surface area contributed by atoms with Gasteiger partial charge in [-0.2, -0.15) is 0 Å². The van der Waals surface area contributed by atoms with Crippen LogP contribution in [0, 0.1) is 0 Å². The maximum atomic E-state index is 6.16. The number of nitrogens with zero attached hydrogens (tertiary/aromatic N) is 2. The third-order valence-electron chi connectivity index (χ3n) is 5.60. The van der Waals surface area contributed by atoms with Gasteiger partial charge in [-0.3, -0.25) is 0 Å². The Morgan fingerprint density at radius 1 is 0.897 bits per heavy atom. The van der Waals surface area contributed by atoms with Crippen molar-refractivity contribution in [3.05, 3.63) is 111 Å². The first-order valence-corrected chi connectivity index (χ1v) is 10.6. The van der Waals surface area contributed by atoms with Crippen molar-refractivity contribution in [1.29, 1.82) is 0 Å². The Morgan fingerprint density at radius 3 is 2.38 bits per heavy atom. The molecule has 1 atom stereocenters. The highest BCUT2D eigenvalue weighted by Crippen LogP contribution is 2.45. The van der Waals surface area contributed by atoms with Gasteiger partial charge in [-0.1, -0.05) is 53.5 Å². The zero-order valence-electron chi connectivity index (χ0n) is 15.9. The van der Waals surface area contributed by atoms with Crippen molar-refractivity contribution in [1.82, 2.24) is 4.90 Å². The minimum Gasteiger partial charge on any atom is -0.322 e. The summed E-state index contributed by atoms with van der Waals surface area (Å²) in [6.07, 6.45) is 13.8. The van der Waals surface area contributed by atoms with Crippen molar-refractivity contribution in [3.8, 4) is 0 Å². The minimum atomic E-state index is 0.143. The van der Waals surface area contributed by atoms with E-state index in [-0.39, 0.29) is 6.04 Å². The Bertz CT molecular complexity index is 1090. The van der Waals surface area contributed by atoms with Crippen LogP contribution in [0.1, 0.15) is 36.4 Å². The Balaban J connectivity index is 1.64. The second kappa shape index (κ2) is 7.70. The standard InChI is InChI=1S/C25H20Cl2N2/c26-20-11-7-17(8-12-20)16-19-4-3-5-22-24(19)28-23-6-1-2-15-29(23)25(22)18-9-13-21(27)14-10-18/h1-2,6-16,25H,3-5H2/b19-16+. The maximum absolute atomic E-state index is 6.16. The van der Waals surface area contributed by atoms with E-state index in [1.54, 1.807) is 0 Å². The molecule has 2 aromatic carbocycles. The molecule has 1 unspecified atom stereocenters. The molecule has 1 aliphatic carbocycles. The minimum absolute atomic E-state index is 0.143. The van der Waals surface area contributed by atoms with Crippen molar-refractivity contribution in [2.75, 3.05) is 0 Å². The Morgan fingerprint density at radius 2 is 1.62 bits per heavy atom. The number of aliphatic imine (C=N–C) groups is 1. The predicted molar refractivity (Wildman–Crippen MR) is 122 cm³/mol. The van der Waals surface area contributed by atoms with Gasteiger partial charge in [0, 0.05) is 16.2 Å². The summed E-state index contributed by atoms with van der Waals surface area (Å²) in [6, 6.07) is 16.3. The summed E-state index contributed by atoms with van der Waals surface area (Å²) in [4.78, 5) is 7.35. The molecule has 4 heteroatoms. The molecule has 0 spiro atoms. The first-order valence-electron chi connectivity index (χ1n) is 9.86. The van der Waals surface area contributed by atoms with Crippen LogP contribution >= 0.6 is 23.2 Å². The molecule has 0 saturated heterocycles. The van der Waals surface area contributed by atoms with Gasteiger partial charge in [0.15, 0.2) is 0 Å². The Labute approximate surface area is 181 Å². The van der Waals surface area contributed by atoms with Crippen LogP contribution in [-0.2, 0) is 0 Å². The van der Waals surface area contributed by atoms with E-state index in [1.165, 1.54) is 16.7 Å². The van der Waals surface area contributed by atoms with Crippen LogP contribution in [0.25, 0.3) is 6.08 Å². The molecule has 3 aliphatic rings. The van der Waals surface area contributed by atoms with Gasteiger partial charge >= 0.3 is 0 Å². The lowest BCUT2D eigenvalue weighted by molar-refractivity contribution is 0.430.